The van der Waals surface area contributed by atoms with E-state index in [2.05, 4.69) is 10.2 Å². The third-order valence-corrected chi connectivity index (χ3v) is 4.28. The molecule has 1 aliphatic rings. The van der Waals surface area contributed by atoms with Crippen LogP contribution >= 0.6 is 0 Å². The second kappa shape index (κ2) is 7.29. The standard InChI is InChI=1S/C16H28N2O5/c1-6-13(20)18-15(2,3)9-11(10-16(18,4)5)17-12(19)7-8-14(21)23-22/h11,22H,6-10H2,1-5H3,(H,17,19). The molecular formula is C16H28N2O5. The number of carbonyl (C=O) groups is 3. The fourth-order valence-electron chi connectivity index (χ4n) is 3.78. The number of rotatable bonds is 5. The van der Waals surface area contributed by atoms with E-state index in [1.54, 1.807) is 0 Å². The zero-order chi connectivity index (χ0) is 17.8. The maximum atomic E-state index is 12.3. The van der Waals surface area contributed by atoms with Gasteiger partial charge in [0.05, 0.1) is 6.42 Å². The molecule has 1 fully saturated rings. The Bertz CT molecular complexity index is 455. The Morgan fingerprint density at radius 3 is 2.09 bits per heavy atom. The first-order valence-electron chi connectivity index (χ1n) is 8.00. The van der Waals surface area contributed by atoms with E-state index in [0.29, 0.717) is 19.3 Å². The van der Waals surface area contributed by atoms with E-state index < -0.39 is 5.97 Å². The lowest BCUT2D eigenvalue weighted by Crippen LogP contribution is -2.65. The average Bonchev–Trinajstić information content (AvgIpc) is 2.41. The van der Waals surface area contributed by atoms with Crippen LogP contribution in [0, 0.1) is 0 Å². The van der Waals surface area contributed by atoms with Crippen molar-refractivity contribution in [3.8, 4) is 0 Å². The lowest BCUT2D eigenvalue weighted by molar-refractivity contribution is -0.234. The van der Waals surface area contributed by atoms with Crippen LogP contribution in [-0.4, -0.2) is 45.1 Å². The van der Waals surface area contributed by atoms with Crippen molar-refractivity contribution in [2.75, 3.05) is 0 Å². The SMILES string of the molecule is CCC(=O)N1C(C)(C)CC(NC(=O)CCC(=O)OO)CC1(C)C. The highest BCUT2D eigenvalue weighted by molar-refractivity contribution is 5.81. The van der Waals surface area contributed by atoms with Crippen LogP contribution in [-0.2, 0) is 19.3 Å². The van der Waals surface area contributed by atoms with Gasteiger partial charge in [-0.2, -0.15) is 5.26 Å². The monoisotopic (exact) mass is 328 g/mol. The summed E-state index contributed by atoms with van der Waals surface area (Å²) in [4.78, 5) is 40.6. The molecule has 1 saturated heterocycles. The van der Waals surface area contributed by atoms with Gasteiger partial charge < -0.3 is 15.1 Å². The summed E-state index contributed by atoms with van der Waals surface area (Å²) in [6.07, 6.45) is 1.56. The van der Waals surface area contributed by atoms with Gasteiger partial charge >= 0.3 is 5.97 Å². The van der Waals surface area contributed by atoms with Gasteiger partial charge in [-0.1, -0.05) is 6.92 Å². The summed E-state index contributed by atoms with van der Waals surface area (Å²) in [5, 5.41) is 11.1. The lowest BCUT2D eigenvalue weighted by atomic mass is 9.76. The third-order valence-electron chi connectivity index (χ3n) is 4.28. The van der Waals surface area contributed by atoms with Gasteiger partial charge in [-0.15, -0.1) is 0 Å². The Morgan fingerprint density at radius 1 is 1.13 bits per heavy atom. The summed E-state index contributed by atoms with van der Waals surface area (Å²) in [6.45, 7) is 9.86. The predicted molar refractivity (Wildman–Crippen MR) is 84.4 cm³/mol. The topological polar surface area (TPSA) is 95.9 Å². The molecule has 1 rings (SSSR count). The Kier molecular flexibility index (Phi) is 6.16. The van der Waals surface area contributed by atoms with Crippen molar-refractivity contribution < 1.29 is 24.5 Å². The van der Waals surface area contributed by atoms with Crippen LogP contribution in [0.5, 0.6) is 0 Å². The van der Waals surface area contributed by atoms with Crippen LogP contribution in [0.25, 0.3) is 0 Å². The second-order valence-corrected chi connectivity index (χ2v) is 7.34. The first-order valence-corrected chi connectivity index (χ1v) is 8.00. The normalized spacial score (nSPS) is 20.0. The number of likely N-dealkylation sites (tertiary alicyclic amines) is 1. The smallest absolute Gasteiger partial charge is 0.342 e. The van der Waals surface area contributed by atoms with E-state index >= 15 is 0 Å². The van der Waals surface area contributed by atoms with Gasteiger partial charge in [0.1, 0.15) is 0 Å². The molecule has 0 aliphatic carbocycles. The van der Waals surface area contributed by atoms with Crippen LogP contribution < -0.4 is 5.32 Å². The van der Waals surface area contributed by atoms with Gasteiger partial charge in [-0.05, 0) is 40.5 Å². The third kappa shape index (κ3) is 4.92. The van der Waals surface area contributed by atoms with Crippen molar-refractivity contribution in [3.63, 3.8) is 0 Å². The van der Waals surface area contributed by atoms with E-state index in [1.165, 1.54) is 0 Å². The molecule has 0 unspecified atom stereocenters. The number of hydrogen-bond acceptors (Lipinski definition) is 5. The predicted octanol–water partition coefficient (Wildman–Crippen LogP) is 1.86. The van der Waals surface area contributed by atoms with Gasteiger partial charge in [0.25, 0.3) is 0 Å². The Labute approximate surface area is 137 Å². The van der Waals surface area contributed by atoms with Crippen LogP contribution in [0.3, 0.4) is 0 Å². The summed E-state index contributed by atoms with van der Waals surface area (Å²) in [5.74, 6) is -0.984. The summed E-state index contributed by atoms with van der Waals surface area (Å²) < 4.78 is 0. The first kappa shape index (κ1) is 19.4. The first-order chi connectivity index (χ1) is 10.5. The molecule has 2 amide bonds. The van der Waals surface area contributed by atoms with E-state index in [-0.39, 0.29) is 41.8 Å². The van der Waals surface area contributed by atoms with E-state index in [4.69, 9.17) is 5.26 Å². The number of piperidine rings is 1. The molecule has 7 nitrogen and oxygen atoms in total. The minimum Gasteiger partial charge on any atom is -0.353 e. The van der Waals surface area contributed by atoms with Crippen LogP contribution in [0.15, 0.2) is 0 Å². The van der Waals surface area contributed by atoms with Gasteiger partial charge in [-0.25, -0.2) is 4.79 Å². The van der Waals surface area contributed by atoms with Gasteiger partial charge in [0.2, 0.25) is 11.8 Å². The highest BCUT2D eigenvalue weighted by atomic mass is 17.1. The van der Waals surface area contributed by atoms with E-state index in [1.807, 2.05) is 39.5 Å². The number of amides is 2. The van der Waals surface area contributed by atoms with Crippen molar-refractivity contribution >= 4 is 17.8 Å². The van der Waals surface area contributed by atoms with Crippen molar-refractivity contribution in [2.45, 2.75) is 83.8 Å². The summed E-state index contributed by atoms with van der Waals surface area (Å²) >= 11 is 0. The fraction of sp³-hybridized carbons (Fsp3) is 0.812. The molecular weight excluding hydrogens is 300 g/mol. The van der Waals surface area contributed by atoms with E-state index in [9.17, 15) is 14.4 Å². The molecule has 0 atom stereocenters. The molecule has 23 heavy (non-hydrogen) atoms. The Hall–Kier alpha value is -1.63. The Balaban J connectivity index is 2.73. The van der Waals surface area contributed by atoms with Crippen molar-refractivity contribution in [1.82, 2.24) is 10.2 Å². The quantitative estimate of drug-likeness (QED) is 0.593. The minimum atomic E-state index is -0.829. The molecule has 1 aliphatic heterocycles. The fourth-order valence-corrected chi connectivity index (χ4v) is 3.78. The molecule has 0 aromatic heterocycles. The van der Waals surface area contributed by atoms with Crippen molar-refractivity contribution in [1.29, 1.82) is 0 Å². The summed E-state index contributed by atoms with van der Waals surface area (Å²) in [6, 6.07) is -0.0708. The number of carbonyl (C=O) groups excluding carboxylic acids is 3. The second-order valence-electron chi connectivity index (χ2n) is 7.34. The molecule has 132 valence electrons. The summed E-state index contributed by atoms with van der Waals surface area (Å²) in [5.41, 5.74) is -0.729. The highest BCUT2D eigenvalue weighted by Crippen LogP contribution is 2.38. The average molecular weight is 328 g/mol. The highest BCUT2D eigenvalue weighted by Gasteiger charge is 2.47. The molecule has 0 aromatic rings. The molecule has 2 N–H and O–H groups in total. The Morgan fingerprint density at radius 2 is 1.65 bits per heavy atom. The molecule has 7 heteroatoms. The lowest BCUT2D eigenvalue weighted by Gasteiger charge is -2.55. The van der Waals surface area contributed by atoms with Crippen molar-refractivity contribution in [3.05, 3.63) is 0 Å². The van der Waals surface area contributed by atoms with Crippen LogP contribution in [0.1, 0.15) is 66.7 Å². The largest absolute Gasteiger partial charge is 0.353 e. The molecule has 0 bridgehead atoms. The molecule has 0 radical (unpaired) electrons. The zero-order valence-electron chi connectivity index (χ0n) is 14.6. The zero-order valence-corrected chi connectivity index (χ0v) is 14.6. The molecule has 1 heterocycles. The van der Waals surface area contributed by atoms with Gasteiger partial charge in [0, 0.05) is 30.0 Å². The maximum absolute atomic E-state index is 12.3. The van der Waals surface area contributed by atoms with E-state index in [0.717, 1.165) is 0 Å². The molecule has 0 spiro atoms. The minimum absolute atomic E-state index is 0.0334. The van der Waals surface area contributed by atoms with Gasteiger partial charge in [-0.3, -0.25) is 9.59 Å². The molecule has 0 saturated carbocycles. The maximum Gasteiger partial charge on any atom is 0.342 e. The van der Waals surface area contributed by atoms with Crippen LogP contribution in [0.2, 0.25) is 0 Å². The summed E-state index contributed by atoms with van der Waals surface area (Å²) in [7, 11) is 0. The number of nitrogens with one attached hydrogen (secondary N) is 1. The molecule has 0 aromatic carbocycles. The number of nitrogens with zero attached hydrogens (tertiary/aromatic N) is 1. The van der Waals surface area contributed by atoms with Gasteiger partial charge in [0.15, 0.2) is 0 Å². The van der Waals surface area contributed by atoms with Crippen LogP contribution in [0.4, 0.5) is 0 Å². The van der Waals surface area contributed by atoms with Crippen molar-refractivity contribution in [2.24, 2.45) is 0 Å². The number of hydrogen-bond donors (Lipinski definition) is 2.